The van der Waals surface area contributed by atoms with E-state index in [4.69, 9.17) is 0 Å². The van der Waals surface area contributed by atoms with Crippen molar-refractivity contribution in [3.05, 3.63) is 59.2 Å². The Balaban J connectivity index is 1.49. The Morgan fingerprint density at radius 3 is 2.10 bits per heavy atom. The lowest BCUT2D eigenvalue weighted by atomic mass is 9.80. The first-order chi connectivity index (χ1) is 14.8. The topological polar surface area (TPSA) is 0 Å². The Bertz CT molecular complexity index is 724. The maximum Gasteiger partial charge on any atom is -0.0181 e. The molecule has 0 saturated carbocycles. The number of benzene rings is 2. The van der Waals surface area contributed by atoms with Crippen molar-refractivity contribution >= 4 is 0 Å². The van der Waals surface area contributed by atoms with Gasteiger partial charge in [-0.2, -0.15) is 0 Å². The summed E-state index contributed by atoms with van der Waals surface area (Å²) in [4.78, 5) is 0. The Hall–Kier alpha value is -1.56. The standard InChI is InChI=1S/C30H44/c1-3-5-7-9-10-12-13-25-15-18-27(19-16-25)29-22-21-28-23-26(14-11-8-6-4-2)17-20-30(28)24-29/h15-16,18-19,21-22,24,26H,3-14,17,20,23H2,1-2H3. The van der Waals surface area contributed by atoms with Crippen LogP contribution in [-0.4, -0.2) is 0 Å². The molecule has 0 aliphatic heterocycles. The van der Waals surface area contributed by atoms with Crippen molar-refractivity contribution in [2.75, 3.05) is 0 Å². The van der Waals surface area contributed by atoms with Crippen LogP contribution < -0.4 is 0 Å². The van der Waals surface area contributed by atoms with Gasteiger partial charge in [0, 0.05) is 0 Å². The first-order valence-electron chi connectivity index (χ1n) is 13.0. The highest BCUT2D eigenvalue weighted by molar-refractivity contribution is 5.65. The fraction of sp³-hybridized carbons (Fsp3) is 0.600. The van der Waals surface area contributed by atoms with Crippen molar-refractivity contribution in [3.8, 4) is 11.1 Å². The second-order valence-corrected chi connectivity index (χ2v) is 9.66. The first-order valence-corrected chi connectivity index (χ1v) is 13.0. The van der Waals surface area contributed by atoms with E-state index in [2.05, 4.69) is 56.3 Å². The van der Waals surface area contributed by atoms with Crippen molar-refractivity contribution in [2.24, 2.45) is 5.92 Å². The van der Waals surface area contributed by atoms with Crippen molar-refractivity contribution in [3.63, 3.8) is 0 Å². The van der Waals surface area contributed by atoms with E-state index in [1.54, 1.807) is 11.1 Å². The molecule has 1 unspecified atom stereocenters. The average Bonchev–Trinajstić information content (AvgIpc) is 2.79. The second kappa shape index (κ2) is 13.0. The van der Waals surface area contributed by atoms with Gasteiger partial charge in [0.15, 0.2) is 0 Å². The molecule has 2 aromatic carbocycles. The predicted molar refractivity (Wildman–Crippen MR) is 133 cm³/mol. The molecular formula is C30H44. The number of rotatable bonds is 13. The van der Waals surface area contributed by atoms with E-state index < -0.39 is 0 Å². The maximum absolute atomic E-state index is 2.48. The minimum Gasteiger partial charge on any atom is -0.0654 e. The molecule has 0 heteroatoms. The highest BCUT2D eigenvalue weighted by Crippen LogP contribution is 2.32. The summed E-state index contributed by atoms with van der Waals surface area (Å²) in [5.41, 5.74) is 7.50. The van der Waals surface area contributed by atoms with Crippen LogP contribution in [0.25, 0.3) is 11.1 Å². The van der Waals surface area contributed by atoms with Crippen LogP contribution in [0.5, 0.6) is 0 Å². The molecule has 0 nitrogen and oxygen atoms in total. The summed E-state index contributed by atoms with van der Waals surface area (Å²) in [5, 5.41) is 0. The molecule has 3 rings (SSSR count). The molecule has 0 heterocycles. The number of hydrogen-bond acceptors (Lipinski definition) is 0. The van der Waals surface area contributed by atoms with Crippen LogP contribution in [-0.2, 0) is 19.3 Å². The van der Waals surface area contributed by atoms with E-state index in [9.17, 15) is 0 Å². The van der Waals surface area contributed by atoms with Crippen molar-refractivity contribution in [2.45, 2.75) is 110 Å². The van der Waals surface area contributed by atoms with Crippen LogP contribution >= 0.6 is 0 Å². The molecule has 0 spiro atoms. The highest BCUT2D eigenvalue weighted by atomic mass is 14.2. The lowest BCUT2D eigenvalue weighted by molar-refractivity contribution is 0.406. The van der Waals surface area contributed by atoms with Gasteiger partial charge in [-0.05, 0) is 65.8 Å². The van der Waals surface area contributed by atoms with E-state index in [0.717, 1.165) is 5.92 Å². The van der Waals surface area contributed by atoms with Crippen LogP contribution in [0.1, 0.15) is 108 Å². The molecule has 30 heavy (non-hydrogen) atoms. The Labute approximate surface area is 186 Å². The van der Waals surface area contributed by atoms with Crippen LogP contribution in [0.15, 0.2) is 42.5 Å². The van der Waals surface area contributed by atoms with E-state index in [1.165, 1.54) is 113 Å². The van der Waals surface area contributed by atoms with Gasteiger partial charge in [-0.25, -0.2) is 0 Å². The second-order valence-electron chi connectivity index (χ2n) is 9.66. The molecule has 164 valence electrons. The van der Waals surface area contributed by atoms with Gasteiger partial charge >= 0.3 is 0 Å². The van der Waals surface area contributed by atoms with Crippen LogP contribution in [0.3, 0.4) is 0 Å². The largest absolute Gasteiger partial charge is 0.0654 e. The normalized spacial score (nSPS) is 15.9. The van der Waals surface area contributed by atoms with Gasteiger partial charge in [0.2, 0.25) is 0 Å². The fourth-order valence-electron chi connectivity index (χ4n) is 5.09. The zero-order valence-corrected chi connectivity index (χ0v) is 19.7. The highest BCUT2D eigenvalue weighted by Gasteiger charge is 2.18. The number of fused-ring (bicyclic) bond motifs is 1. The van der Waals surface area contributed by atoms with E-state index in [-0.39, 0.29) is 0 Å². The van der Waals surface area contributed by atoms with Gasteiger partial charge in [0.25, 0.3) is 0 Å². The predicted octanol–water partition coefficient (Wildman–Crippen LogP) is 9.33. The van der Waals surface area contributed by atoms with Gasteiger partial charge in [0.1, 0.15) is 0 Å². The van der Waals surface area contributed by atoms with E-state index in [1.807, 2.05) is 0 Å². The zero-order chi connectivity index (χ0) is 21.0. The zero-order valence-electron chi connectivity index (χ0n) is 19.7. The van der Waals surface area contributed by atoms with Crippen molar-refractivity contribution < 1.29 is 0 Å². The Morgan fingerprint density at radius 1 is 0.667 bits per heavy atom. The van der Waals surface area contributed by atoms with Crippen LogP contribution in [0, 0.1) is 5.92 Å². The minimum atomic E-state index is 0.918. The summed E-state index contributed by atoms with van der Waals surface area (Å²) in [7, 11) is 0. The Kier molecular flexibility index (Phi) is 10.0. The number of aryl methyl sites for hydroxylation is 2. The first kappa shape index (κ1) is 23.1. The number of unbranched alkanes of at least 4 members (excludes halogenated alkanes) is 8. The summed E-state index contributed by atoms with van der Waals surface area (Å²) in [6.45, 7) is 4.59. The Morgan fingerprint density at radius 2 is 1.33 bits per heavy atom. The van der Waals surface area contributed by atoms with Gasteiger partial charge < -0.3 is 0 Å². The third-order valence-electron chi connectivity index (χ3n) is 7.11. The number of hydrogen-bond donors (Lipinski definition) is 0. The van der Waals surface area contributed by atoms with E-state index in [0.29, 0.717) is 0 Å². The summed E-state index contributed by atoms with van der Waals surface area (Å²) < 4.78 is 0. The average molecular weight is 405 g/mol. The molecule has 2 aromatic rings. The molecule has 1 aliphatic rings. The van der Waals surface area contributed by atoms with Gasteiger partial charge in [-0.1, -0.05) is 121 Å². The minimum absolute atomic E-state index is 0.918. The van der Waals surface area contributed by atoms with Gasteiger partial charge in [0.05, 0.1) is 0 Å². The van der Waals surface area contributed by atoms with Gasteiger partial charge in [-0.15, -0.1) is 0 Å². The van der Waals surface area contributed by atoms with Gasteiger partial charge in [-0.3, -0.25) is 0 Å². The van der Waals surface area contributed by atoms with Crippen molar-refractivity contribution in [1.82, 2.24) is 0 Å². The molecule has 1 atom stereocenters. The molecule has 0 bridgehead atoms. The van der Waals surface area contributed by atoms with E-state index >= 15 is 0 Å². The lowest BCUT2D eigenvalue weighted by Crippen LogP contribution is -2.14. The van der Waals surface area contributed by atoms with Crippen LogP contribution in [0.4, 0.5) is 0 Å². The van der Waals surface area contributed by atoms with Crippen LogP contribution in [0.2, 0.25) is 0 Å². The third-order valence-corrected chi connectivity index (χ3v) is 7.11. The quantitative estimate of drug-likeness (QED) is 0.292. The molecule has 0 aromatic heterocycles. The summed E-state index contributed by atoms with van der Waals surface area (Å²) in [6, 6.07) is 16.7. The fourth-order valence-corrected chi connectivity index (χ4v) is 5.09. The summed E-state index contributed by atoms with van der Waals surface area (Å²) >= 11 is 0. The molecular weight excluding hydrogens is 360 g/mol. The lowest BCUT2D eigenvalue weighted by Gasteiger charge is -2.25. The summed E-state index contributed by atoms with van der Waals surface area (Å²) in [5.74, 6) is 0.918. The molecule has 0 fully saturated rings. The SMILES string of the molecule is CCCCCCCCc1ccc(-c2ccc3c(c2)CCC(CCCCCC)C3)cc1. The molecule has 1 aliphatic carbocycles. The third kappa shape index (κ3) is 7.29. The maximum atomic E-state index is 2.48. The molecule has 0 radical (unpaired) electrons. The molecule has 0 N–H and O–H groups in total. The van der Waals surface area contributed by atoms with Crippen molar-refractivity contribution in [1.29, 1.82) is 0 Å². The summed E-state index contributed by atoms with van der Waals surface area (Å²) in [6.07, 6.45) is 20.5. The molecule has 0 amide bonds. The monoisotopic (exact) mass is 404 g/mol. The smallest absolute Gasteiger partial charge is 0.0181 e. The molecule has 0 saturated heterocycles.